The van der Waals surface area contributed by atoms with Gasteiger partial charge in [-0.2, -0.15) is 5.10 Å². The van der Waals surface area contributed by atoms with Gasteiger partial charge in [0.1, 0.15) is 6.23 Å². The quantitative estimate of drug-likeness (QED) is 0.619. The summed E-state index contributed by atoms with van der Waals surface area (Å²) in [4.78, 5) is 0. The number of hydrazone groups is 1. The van der Waals surface area contributed by atoms with Crippen LogP contribution in [0.25, 0.3) is 0 Å². The van der Waals surface area contributed by atoms with E-state index < -0.39 is 0 Å². The Morgan fingerprint density at radius 3 is 2.90 bits per heavy atom. The molecule has 1 unspecified atom stereocenters. The third-order valence-corrected chi connectivity index (χ3v) is 1.69. The molecule has 0 spiro atoms. The van der Waals surface area contributed by atoms with Crippen molar-refractivity contribution in [2.75, 3.05) is 7.05 Å². The first-order valence-electron chi connectivity index (χ1n) is 3.71. The van der Waals surface area contributed by atoms with Gasteiger partial charge in [0, 0.05) is 19.2 Å². The average Bonchev–Trinajstić information content (AvgIpc) is 2.14. The van der Waals surface area contributed by atoms with Gasteiger partial charge in [-0.25, -0.2) is 0 Å². The molecule has 1 aliphatic rings. The molecule has 0 amide bonds. The fraction of sp³-hybridized carbons (Fsp3) is 0.857. The Bertz CT molecular complexity index is 145. The maximum absolute atomic E-state index is 9.21. The lowest BCUT2D eigenvalue weighted by atomic mass is 10.2. The van der Waals surface area contributed by atoms with Crippen LogP contribution >= 0.6 is 0 Å². The number of rotatable bonds is 2. The van der Waals surface area contributed by atoms with Crippen LogP contribution in [0.1, 0.15) is 26.2 Å². The summed E-state index contributed by atoms with van der Waals surface area (Å²) in [5.74, 6) is 0. The lowest BCUT2D eigenvalue weighted by Gasteiger charge is -2.10. The van der Waals surface area contributed by atoms with Gasteiger partial charge in [-0.05, 0) is 6.42 Å². The van der Waals surface area contributed by atoms with Gasteiger partial charge < -0.3 is 5.11 Å². The minimum absolute atomic E-state index is 0.374. The van der Waals surface area contributed by atoms with Crippen molar-refractivity contribution in [1.82, 2.24) is 5.01 Å². The molecule has 58 valence electrons. The second-order valence-corrected chi connectivity index (χ2v) is 2.67. The Labute approximate surface area is 61.3 Å². The van der Waals surface area contributed by atoms with Crippen molar-refractivity contribution in [3.05, 3.63) is 0 Å². The number of aliphatic hydroxyl groups is 1. The molecule has 0 radical (unpaired) electrons. The van der Waals surface area contributed by atoms with Crippen molar-refractivity contribution < 1.29 is 5.11 Å². The van der Waals surface area contributed by atoms with Gasteiger partial charge in [-0.3, -0.25) is 5.01 Å². The lowest BCUT2D eigenvalue weighted by Crippen LogP contribution is -2.20. The van der Waals surface area contributed by atoms with Crippen LogP contribution in [0.4, 0.5) is 0 Å². The normalized spacial score (nSPS) is 25.3. The molecule has 0 fully saturated rings. The smallest absolute Gasteiger partial charge is 0.147 e. The highest BCUT2D eigenvalue weighted by Gasteiger charge is 2.19. The maximum Gasteiger partial charge on any atom is 0.147 e. The number of hydrogen-bond acceptors (Lipinski definition) is 3. The summed E-state index contributed by atoms with van der Waals surface area (Å²) in [6, 6.07) is 0. The first-order valence-corrected chi connectivity index (χ1v) is 3.71. The Hall–Kier alpha value is -0.570. The lowest BCUT2D eigenvalue weighted by molar-refractivity contribution is 0.0451. The Morgan fingerprint density at radius 2 is 2.50 bits per heavy atom. The molecule has 1 rings (SSSR count). The molecule has 3 nitrogen and oxygen atoms in total. The van der Waals surface area contributed by atoms with E-state index in [2.05, 4.69) is 12.0 Å². The summed E-state index contributed by atoms with van der Waals surface area (Å²) >= 11 is 0. The second kappa shape index (κ2) is 3.01. The fourth-order valence-electron chi connectivity index (χ4n) is 1.11. The van der Waals surface area contributed by atoms with Crippen LogP contribution in [0, 0.1) is 0 Å². The predicted molar refractivity (Wildman–Crippen MR) is 40.7 cm³/mol. The minimum Gasteiger partial charge on any atom is -0.372 e. The van der Waals surface area contributed by atoms with Gasteiger partial charge in [0.25, 0.3) is 0 Å². The molecule has 0 aromatic carbocycles. The first kappa shape index (κ1) is 7.54. The summed E-state index contributed by atoms with van der Waals surface area (Å²) in [5, 5.41) is 15.0. The topological polar surface area (TPSA) is 35.8 Å². The number of nitrogens with zero attached hydrogens (tertiary/aromatic N) is 2. The Morgan fingerprint density at radius 1 is 1.80 bits per heavy atom. The van der Waals surface area contributed by atoms with E-state index in [-0.39, 0.29) is 6.23 Å². The van der Waals surface area contributed by atoms with Crippen molar-refractivity contribution >= 4 is 5.71 Å². The first-order chi connectivity index (χ1) is 4.74. The summed E-state index contributed by atoms with van der Waals surface area (Å²) in [5.41, 5.74) is 1.12. The van der Waals surface area contributed by atoms with Gasteiger partial charge in [0.15, 0.2) is 0 Å². The Kier molecular flexibility index (Phi) is 2.27. The largest absolute Gasteiger partial charge is 0.372 e. The van der Waals surface area contributed by atoms with Crippen LogP contribution in [0.5, 0.6) is 0 Å². The molecule has 0 saturated carbocycles. The molecule has 0 aliphatic carbocycles. The molecule has 0 aromatic rings. The zero-order valence-corrected chi connectivity index (χ0v) is 6.54. The van der Waals surface area contributed by atoms with Gasteiger partial charge in [-0.15, -0.1) is 0 Å². The third kappa shape index (κ3) is 1.48. The highest BCUT2D eigenvalue weighted by atomic mass is 16.3. The van der Waals surface area contributed by atoms with E-state index in [9.17, 15) is 5.11 Å². The third-order valence-electron chi connectivity index (χ3n) is 1.69. The molecular formula is C7H14N2O. The molecule has 0 bridgehead atoms. The molecule has 0 saturated heterocycles. The van der Waals surface area contributed by atoms with Gasteiger partial charge >= 0.3 is 0 Å². The van der Waals surface area contributed by atoms with E-state index in [1.165, 1.54) is 0 Å². The van der Waals surface area contributed by atoms with Crippen molar-refractivity contribution in [3.63, 3.8) is 0 Å². The summed E-state index contributed by atoms with van der Waals surface area (Å²) in [6.07, 6.45) is 2.48. The standard InChI is InChI=1S/C7H14N2O/c1-3-4-6-5-7(10)9(2)8-6/h7,10H,3-5H2,1-2H3. The van der Waals surface area contributed by atoms with Crippen molar-refractivity contribution in [2.24, 2.45) is 5.10 Å². The average molecular weight is 142 g/mol. The fourth-order valence-corrected chi connectivity index (χ4v) is 1.11. The molecule has 1 atom stereocenters. The van der Waals surface area contributed by atoms with E-state index in [4.69, 9.17) is 0 Å². The van der Waals surface area contributed by atoms with Crippen molar-refractivity contribution in [2.45, 2.75) is 32.4 Å². The minimum atomic E-state index is -0.374. The van der Waals surface area contributed by atoms with Gasteiger partial charge in [0.05, 0.1) is 0 Å². The van der Waals surface area contributed by atoms with E-state index in [0.717, 1.165) is 25.0 Å². The summed E-state index contributed by atoms with van der Waals surface area (Å²) in [6.45, 7) is 2.12. The van der Waals surface area contributed by atoms with Gasteiger partial charge in [0.2, 0.25) is 0 Å². The summed E-state index contributed by atoms with van der Waals surface area (Å²) in [7, 11) is 1.80. The molecule has 0 aromatic heterocycles. The van der Waals surface area contributed by atoms with E-state index >= 15 is 0 Å². The molecular weight excluding hydrogens is 128 g/mol. The van der Waals surface area contributed by atoms with Crippen LogP contribution in [0.2, 0.25) is 0 Å². The maximum atomic E-state index is 9.21. The molecule has 1 N–H and O–H groups in total. The molecule has 3 heteroatoms. The van der Waals surface area contributed by atoms with E-state index in [1.807, 2.05) is 0 Å². The highest BCUT2D eigenvalue weighted by Crippen LogP contribution is 2.12. The van der Waals surface area contributed by atoms with Gasteiger partial charge in [-0.1, -0.05) is 13.3 Å². The van der Waals surface area contributed by atoms with Crippen molar-refractivity contribution in [3.8, 4) is 0 Å². The van der Waals surface area contributed by atoms with Crippen LogP contribution in [-0.4, -0.2) is 29.1 Å². The molecule has 1 aliphatic heterocycles. The molecule has 10 heavy (non-hydrogen) atoms. The van der Waals surface area contributed by atoms with Crippen molar-refractivity contribution in [1.29, 1.82) is 0 Å². The molecule has 1 heterocycles. The zero-order valence-electron chi connectivity index (χ0n) is 6.54. The zero-order chi connectivity index (χ0) is 7.56. The predicted octanol–water partition coefficient (Wildman–Crippen LogP) is 0.796. The highest BCUT2D eigenvalue weighted by molar-refractivity contribution is 5.85. The Balaban J connectivity index is 2.42. The second-order valence-electron chi connectivity index (χ2n) is 2.67. The monoisotopic (exact) mass is 142 g/mol. The van der Waals surface area contributed by atoms with E-state index in [1.54, 1.807) is 12.1 Å². The van der Waals surface area contributed by atoms with Crippen LogP contribution in [-0.2, 0) is 0 Å². The SMILES string of the molecule is CCCC1=NN(C)C(O)C1. The number of hydrogen-bond donors (Lipinski definition) is 1. The van der Waals surface area contributed by atoms with Crippen LogP contribution < -0.4 is 0 Å². The van der Waals surface area contributed by atoms with Crippen LogP contribution in [0.3, 0.4) is 0 Å². The van der Waals surface area contributed by atoms with Crippen LogP contribution in [0.15, 0.2) is 5.10 Å². The van der Waals surface area contributed by atoms with E-state index in [0.29, 0.717) is 0 Å². The number of aliphatic hydroxyl groups excluding tert-OH is 1. The summed E-state index contributed by atoms with van der Waals surface area (Å²) < 4.78 is 0.